The fraction of sp³-hybridized carbons (Fsp3) is 0.143. The van der Waals surface area contributed by atoms with Crippen molar-refractivity contribution in [2.24, 2.45) is 0 Å². The van der Waals surface area contributed by atoms with Crippen molar-refractivity contribution < 1.29 is 14.4 Å². The van der Waals surface area contributed by atoms with Crippen LogP contribution in [0.25, 0.3) is 5.69 Å². The Morgan fingerprint density at radius 2 is 1.86 bits per heavy atom. The summed E-state index contributed by atoms with van der Waals surface area (Å²) in [5.41, 5.74) is 1.90. The van der Waals surface area contributed by atoms with Crippen molar-refractivity contribution in [2.75, 3.05) is 5.32 Å². The van der Waals surface area contributed by atoms with Crippen LogP contribution < -0.4 is 16.0 Å². The Kier molecular flexibility index (Phi) is 4.38. The number of carbonyl (C=O) groups is 3. The molecular weight excluding hydrogens is 370 g/mol. The largest absolute Gasteiger partial charge is 0.322 e. The molecular formula is C21H19N5O3. The lowest BCUT2D eigenvalue weighted by molar-refractivity contribution is -0.123. The Labute approximate surface area is 166 Å². The number of para-hydroxylation sites is 1. The van der Waals surface area contributed by atoms with E-state index in [1.54, 1.807) is 35.9 Å². The predicted octanol–water partition coefficient (Wildman–Crippen LogP) is 2.49. The van der Waals surface area contributed by atoms with Gasteiger partial charge in [-0.25, -0.2) is 9.48 Å². The van der Waals surface area contributed by atoms with Gasteiger partial charge in [0, 0.05) is 5.69 Å². The van der Waals surface area contributed by atoms with E-state index in [1.807, 2.05) is 37.3 Å². The molecule has 1 aliphatic rings. The topological polar surface area (TPSA) is 105 Å². The monoisotopic (exact) mass is 389 g/mol. The number of anilines is 1. The van der Waals surface area contributed by atoms with Crippen LogP contribution in [0.2, 0.25) is 0 Å². The highest BCUT2D eigenvalue weighted by molar-refractivity contribution is 6.08. The zero-order valence-corrected chi connectivity index (χ0v) is 15.9. The van der Waals surface area contributed by atoms with Crippen molar-refractivity contribution >= 4 is 23.5 Å². The van der Waals surface area contributed by atoms with Gasteiger partial charge < -0.3 is 10.6 Å². The quantitative estimate of drug-likeness (QED) is 0.596. The number of benzene rings is 2. The van der Waals surface area contributed by atoms with Crippen LogP contribution in [-0.2, 0) is 10.3 Å². The van der Waals surface area contributed by atoms with Crippen LogP contribution in [-0.4, -0.2) is 27.6 Å². The van der Waals surface area contributed by atoms with E-state index in [9.17, 15) is 14.4 Å². The third-order valence-electron chi connectivity index (χ3n) is 5.00. The summed E-state index contributed by atoms with van der Waals surface area (Å²) in [6.45, 7) is 3.44. The number of amides is 4. The van der Waals surface area contributed by atoms with Crippen LogP contribution in [0.4, 0.5) is 10.5 Å². The molecule has 0 bridgehead atoms. The van der Waals surface area contributed by atoms with Crippen molar-refractivity contribution in [2.45, 2.75) is 19.4 Å². The maximum absolute atomic E-state index is 12.8. The van der Waals surface area contributed by atoms with Crippen LogP contribution in [0, 0.1) is 6.92 Å². The fourth-order valence-electron chi connectivity index (χ4n) is 3.31. The Hall–Kier alpha value is -3.94. The predicted molar refractivity (Wildman–Crippen MR) is 107 cm³/mol. The molecule has 8 nitrogen and oxygen atoms in total. The van der Waals surface area contributed by atoms with Crippen molar-refractivity contribution in [1.82, 2.24) is 20.4 Å². The molecule has 1 unspecified atom stereocenters. The van der Waals surface area contributed by atoms with Crippen LogP contribution in [0.5, 0.6) is 0 Å². The van der Waals surface area contributed by atoms with E-state index in [4.69, 9.17) is 0 Å². The van der Waals surface area contributed by atoms with Gasteiger partial charge in [-0.3, -0.25) is 14.9 Å². The summed E-state index contributed by atoms with van der Waals surface area (Å²) in [5, 5.41) is 12.0. The summed E-state index contributed by atoms with van der Waals surface area (Å²) in [6, 6.07) is 15.8. The van der Waals surface area contributed by atoms with E-state index < -0.39 is 17.5 Å². The first-order valence-electron chi connectivity index (χ1n) is 9.04. The Morgan fingerprint density at radius 3 is 2.55 bits per heavy atom. The van der Waals surface area contributed by atoms with Gasteiger partial charge in [-0.1, -0.05) is 30.3 Å². The van der Waals surface area contributed by atoms with Gasteiger partial charge in [0.25, 0.3) is 11.8 Å². The molecule has 8 heteroatoms. The first kappa shape index (κ1) is 18.4. The third kappa shape index (κ3) is 3.25. The molecule has 146 valence electrons. The van der Waals surface area contributed by atoms with Crippen molar-refractivity contribution in [3.8, 4) is 5.69 Å². The average Bonchev–Trinajstić information content (AvgIpc) is 3.22. The Bertz CT molecular complexity index is 1120. The van der Waals surface area contributed by atoms with Gasteiger partial charge in [0.1, 0.15) is 5.54 Å². The summed E-state index contributed by atoms with van der Waals surface area (Å²) in [5.74, 6) is -0.752. The first-order valence-corrected chi connectivity index (χ1v) is 9.04. The number of hydrogen-bond donors (Lipinski definition) is 3. The molecule has 4 amide bonds. The van der Waals surface area contributed by atoms with Gasteiger partial charge in [0.05, 0.1) is 23.1 Å². The lowest BCUT2D eigenvalue weighted by atomic mass is 9.92. The molecule has 29 heavy (non-hydrogen) atoms. The highest BCUT2D eigenvalue weighted by Gasteiger charge is 2.43. The lowest BCUT2D eigenvalue weighted by Gasteiger charge is -2.21. The number of aromatic nitrogens is 2. The van der Waals surface area contributed by atoms with Crippen LogP contribution >= 0.6 is 0 Å². The number of nitrogens with one attached hydrogen (secondary N) is 3. The van der Waals surface area contributed by atoms with Gasteiger partial charge in [0.15, 0.2) is 0 Å². The maximum Gasteiger partial charge on any atom is 0.322 e. The second-order valence-corrected chi connectivity index (χ2v) is 6.96. The Morgan fingerprint density at radius 1 is 1.10 bits per heavy atom. The van der Waals surface area contributed by atoms with Crippen LogP contribution in [0.15, 0.2) is 60.8 Å². The molecule has 0 saturated carbocycles. The molecule has 3 N–H and O–H groups in total. The summed E-state index contributed by atoms with van der Waals surface area (Å²) < 4.78 is 1.70. The number of nitrogens with zero attached hydrogens (tertiary/aromatic N) is 2. The standard InChI is InChI=1S/C21H19N5O3/c1-13-17(12-22-26(13)16-9-4-3-5-10-16)18(27)23-15-8-6-7-14(11-15)21(2)19(28)24-20(29)25-21/h3-12H,1-2H3,(H,23,27)(H2,24,25,28,29). The van der Waals surface area contributed by atoms with Crippen molar-refractivity contribution in [1.29, 1.82) is 0 Å². The van der Waals surface area contributed by atoms with Gasteiger partial charge in [0.2, 0.25) is 0 Å². The molecule has 0 spiro atoms. The molecule has 0 radical (unpaired) electrons. The zero-order chi connectivity index (χ0) is 20.6. The van der Waals surface area contributed by atoms with Gasteiger partial charge >= 0.3 is 6.03 Å². The van der Waals surface area contributed by atoms with Crippen molar-refractivity contribution in [3.05, 3.63) is 77.6 Å². The molecule has 1 atom stereocenters. The van der Waals surface area contributed by atoms with Crippen LogP contribution in [0.3, 0.4) is 0 Å². The fourth-order valence-corrected chi connectivity index (χ4v) is 3.31. The number of hydrogen-bond acceptors (Lipinski definition) is 4. The number of rotatable bonds is 4. The van der Waals surface area contributed by atoms with Crippen molar-refractivity contribution in [3.63, 3.8) is 0 Å². The lowest BCUT2D eigenvalue weighted by Crippen LogP contribution is -2.40. The minimum Gasteiger partial charge on any atom is -0.322 e. The summed E-state index contributed by atoms with van der Waals surface area (Å²) in [6.07, 6.45) is 1.52. The maximum atomic E-state index is 12.8. The number of urea groups is 1. The van der Waals surface area contributed by atoms with E-state index in [1.165, 1.54) is 6.20 Å². The zero-order valence-electron chi connectivity index (χ0n) is 15.9. The average molecular weight is 389 g/mol. The normalized spacial score (nSPS) is 18.3. The molecule has 2 aromatic carbocycles. The smallest absolute Gasteiger partial charge is 0.322 e. The molecule has 1 saturated heterocycles. The Balaban J connectivity index is 1.58. The van der Waals surface area contributed by atoms with Gasteiger partial charge in [-0.15, -0.1) is 0 Å². The third-order valence-corrected chi connectivity index (χ3v) is 5.00. The van der Waals surface area contributed by atoms with Gasteiger partial charge in [-0.2, -0.15) is 5.10 Å². The molecule has 1 aromatic heterocycles. The summed E-state index contributed by atoms with van der Waals surface area (Å²) in [4.78, 5) is 36.5. The summed E-state index contributed by atoms with van der Waals surface area (Å²) in [7, 11) is 0. The first-order chi connectivity index (χ1) is 13.9. The van der Waals surface area contributed by atoms with E-state index in [0.29, 0.717) is 22.5 Å². The SMILES string of the molecule is Cc1c(C(=O)Nc2cccc(C3(C)NC(=O)NC3=O)c2)cnn1-c1ccccc1. The van der Waals surface area contributed by atoms with E-state index >= 15 is 0 Å². The molecule has 1 fully saturated rings. The molecule has 4 rings (SSSR count). The van der Waals surface area contributed by atoms with E-state index in [-0.39, 0.29) is 5.91 Å². The molecule has 2 heterocycles. The highest BCUT2D eigenvalue weighted by atomic mass is 16.2. The number of carbonyl (C=O) groups excluding carboxylic acids is 3. The van der Waals surface area contributed by atoms with Crippen LogP contribution in [0.1, 0.15) is 28.5 Å². The molecule has 0 aliphatic carbocycles. The summed E-state index contributed by atoms with van der Waals surface area (Å²) >= 11 is 0. The minimum absolute atomic E-state index is 0.313. The van der Waals surface area contributed by atoms with E-state index in [0.717, 1.165) is 5.69 Å². The second kappa shape index (κ2) is 6.90. The minimum atomic E-state index is -1.19. The van der Waals surface area contributed by atoms with Gasteiger partial charge in [-0.05, 0) is 43.7 Å². The number of imide groups is 1. The molecule has 1 aliphatic heterocycles. The highest BCUT2D eigenvalue weighted by Crippen LogP contribution is 2.27. The van der Waals surface area contributed by atoms with E-state index in [2.05, 4.69) is 21.0 Å². The second-order valence-electron chi connectivity index (χ2n) is 6.96. The molecule has 3 aromatic rings.